The lowest BCUT2D eigenvalue weighted by Crippen LogP contribution is -2.61. The van der Waals surface area contributed by atoms with Crippen LogP contribution in [0.2, 0.25) is 0 Å². The fourth-order valence-electron chi connectivity index (χ4n) is 3.19. The second kappa shape index (κ2) is 5.26. The monoisotopic (exact) mass is 291 g/mol. The number of likely N-dealkylation sites (tertiary alicyclic amines) is 1. The van der Waals surface area contributed by atoms with Gasteiger partial charge in [-0.25, -0.2) is 9.97 Å². The average Bonchev–Trinajstić information content (AvgIpc) is 2.36. The Morgan fingerprint density at radius 1 is 1.24 bits per heavy atom. The SMILES string of the molecule is CN1C(C)(C)CC(Nc2ncc(C(N)=O)cn2)CC1(C)C. The summed E-state index contributed by atoms with van der Waals surface area (Å²) in [5.41, 5.74) is 5.72. The highest BCUT2D eigenvalue weighted by atomic mass is 16.1. The number of aromatic nitrogens is 2. The first kappa shape index (κ1) is 15.7. The number of primary amides is 1. The van der Waals surface area contributed by atoms with Crippen LogP contribution in [0.3, 0.4) is 0 Å². The van der Waals surface area contributed by atoms with E-state index in [0.717, 1.165) is 12.8 Å². The van der Waals surface area contributed by atoms with Gasteiger partial charge in [0.15, 0.2) is 0 Å². The highest BCUT2D eigenvalue weighted by Gasteiger charge is 2.43. The maximum atomic E-state index is 11.0. The normalized spacial score (nSPS) is 22.0. The number of nitrogens with two attached hydrogens (primary N) is 1. The maximum Gasteiger partial charge on any atom is 0.251 e. The molecule has 6 nitrogen and oxygen atoms in total. The summed E-state index contributed by atoms with van der Waals surface area (Å²) in [6.45, 7) is 9.00. The summed E-state index contributed by atoms with van der Waals surface area (Å²) in [6.07, 6.45) is 4.94. The van der Waals surface area contributed by atoms with Crippen LogP contribution in [-0.2, 0) is 0 Å². The van der Waals surface area contributed by atoms with Crippen molar-refractivity contribution in [3.8, 4) is 0 Å². The Bertz CT molecular complexity index is 505. The van der Waals surface area contributed by atoms with Crippen LogP contribution in [0.5, 0.6) is 0 Å². The molecule has 0 aliphatic carbocycles. The van der Waals surface area contributed by atoms with Crippen molar-refractivity contribution in [3.05, 3.63) is 18.0 Å². The zero-order valence-corrected chi connectivity index (χ0v) is 13.5. The fourth-order valence-corrected chi connectivity index (χ4v) is 3.19. The van der Waals surface area contributed by atoms with Gasteiger partial charge >= 0.3 is 0 Å². The van der Waals surface area contributed by atoms with Crippen LogP contribution in [0.15, 0.2) is 12.4 Å². The van der Waals surface area contributed by atoms with Gasteiger partial charge in [0.25, 0.3) is 5.91 Å². The number of nitrogens with one attached hydrogen (secondary N) is 1. The molecule has 0 aromatic carbocycles. The fraction of sp³-hybridized carbons (Fsp3) is 0.667. The summed E-state index contributed by atoms with van der Waals surface area (Å²) in [5, 5.41) is 3.38. The van der Waals surface area contributed by atoms with Crippen LogP contribution < -0.4 is 11.1 Å². The van der Waals surface area contributed by atoms with E-state index >= 15 is 0 Å². The molecule has 1 amide bonds. The molecule has 2 heterocycles. The van der Waals surface area contributed by atoms with Gasteiger partial charge in [-0.1, -0.05) is 0 Å². The number of anilines is 1. The quantitative estimate of drug-likeness (QED) is 0.884. The molecule has 0 unspecified atom stereocenters. The van der Waals surface area contributed by atoms with Crippen LogP contribution in [0.1, 0.15) is 50.9 Å². The summed E-state index contributed by atoms with van der Waals surface area (Å²) in [5.74, 6) is 0.0317. The van der Waals surface area contributed by atoms with E-state index in [-0.39, 0.29) is 11.1 Å². The molecule has 1 fully saturated rings. The second-order valence-corrected chi connectivity index (χ2v) is 7.09. The van der Waals surface area contributed by atoms with E-state index in [1.807, 2.05) is 0 Å². The molecule has 0 atom stereocenters. The lowest BCUT2D eigenvalue weighted by Gasteiger charge is -2.53. The Kier molecular flexibility index (Phi) is 3.93. The van der Waals surface area contributed by atoms with Crippen molar-refractivity contribution in [3.63, 3.8) is 0 Å². The lowest BCUT2D eigenvalue weighted by atomic mass is 9.77. The van der Waals surface area contributed by atoms with Gasteiger partial charge in [-0.3, -0.25) is 9.69 Å². The number of carbonyl (C=O) groups excluding carboxylic acids is 1. The van der Waals surface area contributed by atoms with Gasteiger partial charge in [-0.15, -0.1) is 0 Å². The number of carbonyl (C=O) groups is 1. The summed E-state index contributed by atoms with van der Waals surface area (Å²) < 4.78 is 0. The third-order valence-electron chi connectivity index (χ3n) is 4.58. The Balaban J connectivity index is 2.11. The highest BCUT2D eigenvalue weighted by Crippen LogP contribution is 2.37. The van der Waals surface area contributed by atoms with Gasteiger partial charge in [0, 0.05) is 29.5 Å². The minimum absolute atomic E-state index is 0.104. The van der Waals surface area contributed by atoms with Gasteiger partial charge < -0.3 is 11.1 Å². The molecular weight excluding hydrogens is 266 g/mol. The van der Waals surface area contributed by atoms with E-state index in [1.54, 1.807) is 0 Å². The van der Waals surface area contributed by atoms with E-state index in [1.165, 1.54) is 12.4 Å². The van der Waals surface area contributed by atoms with Crippen LogP contribution in [0.4, 0.5) is 5.95 Å². The average molecular weight is 291 g/mol. The summed E-state index contributed by atoms with van der Waals surface area (Å²) in [4.78, 5) is 21.8. The molecular formula is C15H25N5O. The van der Waals surface area contributed by atoms with Crippen molar-refractivity contribution >= 4 is 11.9 Å². The summed E-state index contributed by atoms with van der Waals surface area (Å²) >= 11 is 0. The molecule has 1 saturated heterocycles. The van der Waals surface area contributed by atoms with E-state index in [2.05, 4.69) is 54.9 Å². The van der Waals surface area contributed by atoms with Gasteiger partial charge in [0.1, 0.15) is 0 Å². The third kappa shape index (κ3) is 3.32. The number of hydrogen-bond acceptors (Lipinski definition) is 5. The molecule has 0 radical (unpaired) electrons. The summed E-state index contributed by atoms with van der Waals surface area (Å²) in [7, 11) is 2.17. The largest absolute Gasteiger partial charge is 0.366 e. The number of hydrogen-bond donors (Lipinski definition) is 2. The van der Waals surface area contributed by atoms with Crippen LogP contribution >= 0.6 is 0 Å². The first-order valence-corrected chi connectivity index (χ1v) is 7.24. The molecule has 3 N–H and O–H groups in total. The zero-order chi connectivity index (χ0) is 15.8. The molecule has 0 spiro atoms. The minimum Gasteiger partial charge on any atom is -0.366 e. The van der Waals surface area contributed by atoms with Crippen LogP contribution in [0.25, 0.3) is 0 Å². The van der Waals surface area contributed by atoms with Crippen molar-refractivity contribution in [1.82, 2.24) is 14.9 Å². The van der Waals surface area contributed by atoms with Crippen molar-refractivity contribution in [2.75, 3.05) is 12.4 Å². The van der Waals surface area contributed by atoms with E-state index < -0.39 is 5.91 Å². The smallest absolute Gasteiger partial charge is 0.251 e. The molecule has 2 rings (SSSR count). The molecule has 1 aliphatic heterocycles. The summed E-state index contributed by atoms with van der Waals surface area (Å²) in [6, 6.07) is 0.297. The Morgan fingerprint density at radius 2 is 1.71 bits per heavy atom. The number of nitrogens with zero attached hydrogens (tertiary/aromatic N) is 3. The molecule has 21 heavy (non-hydrogen) atoms. The molecule has 1 aliphatic rings. The van der Waals surface area contributed by atoms with Crippen molar-refractivity contribution in [2.45, 2.75) is 57.7 Å². The number of amides is 1. The van der Waals surface area contributed by atoms with Crippen LogP contribution in [0, 0.1) is 0 Å². The van der Waals surface area contributed by atoms with E-state index in [9.17, 15) is 4.79 Å². The zero-order valence-electron chi connectivity index (χ0n) is 13.5. The van der Waals surface area contributed by atoms with Crippen molar-refractivity contribution in [1.29, 1.82) is 0 Å². The number of piperidine rings is 1. The molecule has 1 aromatic rings. The van der Waals surface area contributed by atoms with Crippen LogP contribution in [-0.4, -0.2) is 44.9 Å². The predicted molar refractivity (Wildman–Crippen MR) is 83.1 cm³/mol. The molecule has 0 bridgehead atoms. The standard InChI is InChI=1S/C15H25N5O/c1-14(2)6-11(7-15(3,4)20(14)5)19-13-17-8-10(9-18-13)12(16)21/h8-9,11H,6-7H2,1-5H3,(H2,16,21)(H,17,18,19). The highest BCUT2D eigenvalue weighted by molar-refractivity contribution is 5.92. The predicted octanol–water partition coefficient (Wildman–Crippen LogP) is 1.64. The topological polar surface area (TPSA) is 84.1 Å². The molecule has 0 saturated carbocycles. The van der Waals surface area contributed by atoms with E-state index in [4.69, 9.17) is 5.73 Å². The first-order chi connectivity index (χ1) is 9.62. The molecule has 116 valence electrons. The van der Waals surface area contributed by atoms with Gasteiger partial charge in [0.05, 0.1) is 5.56 Å². The van der Waals surface area contributed by atoms with Gasteiger partial charge in [0.2, 0.25) is 5.95 Å². The first-order valence-electron chi connectivity index (χ1n) is 7.24. The minimum atomic E-state index is -0.511. The van der Waals surface area contributed by atoms with Crippen molar-refractivity contribution in [2.24, 2.45) is 5.73 Å². The lowest BCUT2D eigenvalue weighted by molar-refractivity contribution is -0.00778. The Labute approximate surface area is 126 Å². The maximum absolute atomic E-state index is 11.0. The van der Waals surface area contributed by atoms with E-state index in [0.29, 0.717) is 17.6 Å². The Hall–Kier alpha value is -1.69. The van der Waals surface area contributed by atoms with Gasteiger partial charge in [-0.05, 0) is 47.6 Å². The van der Waals surface area contributed by atoms with Gasteiger partial charge in [-0.2, -0.15) is 0 Å². The third-order valence-corrected chi connectivity index (χ3v) is 4.58. The second-order valence-electron chi connectivity index (χ2n) is 7.09. The molecule has 6 heteroatoms. The number of rotatable bonds is 3. The molecule has 1 aromatic heterocycles. The Morgan fingerprint density at radius 3 is 2.14 bits per heavy atom. The van der Waals surface area contributed by atoms with Crippen molar-refractivity contribution < 1.29 is 4.79 Å².